The molecule has 1 fully saturated rings. The van der Waals surface area contributed by atoms with Crippen LogP contribution < -0.4 is 0 Å². The Morgan fingerprint density at radius 1 is 0.455 bits per heavy atom. The molecule has 0 aromatic heterocycles. The number of phosphoric acid groups is 1. The van der Waals surface area contributed by atoms with Gasteiger partial charge in [0.15, 0.2) is 6.10 Å². The number of carbonyl (C=O) groups excluding carboxylic acids is 2. The number of aliphatic hydroxyl groups excluding tert-OH is 5. The van der Waals surface area contributed by atoms with Gasteiger partial charge >= 0.3 is 19.8 Å². The average Bonchev–Trinajstić information content (AvgIpc) is 3.30. The molecule has 0 heterocycles. The number of hydrogen-bond donors (Lipinski definition) is 6. The highest BCUT2D eigenvalue weighted by atomic mass is 31.2. The van der Waals surface area contributed by atoms with Crippen molar-refractivity contribution in [2.45, 2.75) is 294 Å². The van der Waals surface area contributed by atoms with Crippen molar-refractivity contribution in [1.29, 1.82) is 0 Å². The quantitative estimate of drug-likeness (QED) is 0.0145. The van der Waals surface area contributed by atoms with Crippen LogP contribution in [0.2, 0.25) is 0 Å². The summed E-state index contributed by atoms with van der Waals surface area (Å²) < 4.78 is 33.7. The zero-order chi connectivity index (χ0) is 48.5. The fraction of sp³-hybridized carbons (Fsp3) is 0.923. The highest BCUT2D eigenvalue weighted by Gasteiger charge is 2.51. The Hall–Kier alpha value is -1.41. The monoisotopic (exact) mass is 963 g/mol. The maximum absolute atomic E-state index is 12.9. The molecule has 6 N–H and O–H groups in total. The first kappa shape index (κ1) is 62.6. The molecule has 0 bridgehead atoms. The smallest absolute Gasteiger partial charge is 0.462 e. The fourth-order valence-corrected chi connectivity index (χ4v) is 9.49. The van der Waals surface area contributed by atoms with Gasteiger partial charge < -0.3 is 39.9 Å². The van der Waals surface area contributed by atoms with Gasteiger partial charge in [0.2, 0.25) is 0 Å². The standard InChI is InChI=1S/C52H99O13P/c1-3-5-7-9-11-13-15-17-19-20-21-22-23-24-25-27-29-31-33-35-37-39-41-46(54)64-44(43-63-66(60,61)65-52-50(58)48(56)47(55)49(57)51(52)59)42-62-45(53)40-38-36-34-32-30-28-26-18-16-14-12-10-8-6-4-2/h18,26,44,47-52,55-59H,3-17,19-25,27-43H2,1-2H3,(H,60,61)/b26-18+/t44-,47?,48-,49?,50?,51?,52?/m1/s1. The predicted molar refractivity (Wildman–Crippen MR) is 263 cm³/mol. The molecule has 1 aliphatic rings. The van der Waals surface area contributed by atoms with E-state index in [0.29, 0.717) is 12.8 Å². The van der Waals surface area contributed by atoms with Gasteiger partial charge in [-0.3, -0.25) is 18.6 Å². The number of hydrogen-bond acceptors (Lipinski definition) is 12. The Balaban J connectivity index is 2.35. The molecule has 0 aromatic rings. The summed E-state index contributed by atoms with van der Waals surface area (Å²) >= 11 is 0. The molecular weight excluding hydrogens is 864 g/mol. The number of esters is 2. The number of ether oxygens (including phenoxy) is 2. The van der Waals surface area contributed by atoms with E-state index < -0.39 is 75.7 Å². The lowest BCUT2D eigenvalue weighted by molar-refractivity contribution is -0.220. The number of rotatable bonds is 46. The summed E-state index contributed by atoms with van der Waals surface area (Å²) in [5, 5.41) is 50.3. The minimum absolute atomic E-state index is 0.102. The molecule has 0 spiro atoms. The van der Waals surface area contributed by atoms with E-state index in [4.69, 9.17) is 18.5 Å². The third kappa shape index (κ3) is 34.0. The van der Waals surface area contributed by atoms with Crippen molar-refractivity contribution in [2.24, 2.45) is 0 Å². The van der Waals surface area contributed by atoms with Crippen LogP contribution in [0.4, 0.5) is 0 Å². The van der Waals surface area contributed by atoms with E-state index in [1.54, 1.807) is 0 Å². The zero-order valence-corrected chi connectivity index (χ0v) is 42.7. The maximum Gasteiger partial charge on any atom is 0.472 e. The van der Waals surface area contributed by atoms with Gasteiger partial charge in [0.05, 0.1) is 6.61 Å². The summed E-state index contributed by atoms with van der Waals surface area (Å²) in [6.07, 6.45) is 34.1. The third-order valence-electron chi connectivity index (χ3n) is 12.9. The molecule has 1 aliphatic carbocycles. The van der Waals surface area contributed by atoms with Crippen molar-refractivity contribution in [2.75, 3.05) is 13.2 Å². The lowest BCUT2D eigenvalue weighted by Crippen LogP contribution is -2.64. The summed E-state index contributed by atoms with van der Waals surface area (Å²) in [4.78, 5) is 35.8. The molecule has 1 rings (SSSR count). The second kappa shape index (κ2) is 42.5. The van der Waals surface area contributed by atoms with E-state index >= 15 is 0 Å². The summed E-state index contributed by atoms with van der Waals surface area (Å²) in [5.74, 6) is -1.09. The molecule has 0 amide bonds. The van der Waals surface area contributed by atoms with E-state index in [0.717, 1.165) is 57.8 Å². The largest absolute Gasteiger partial charge is 0.472 e. The van der Waals surface area contributed by atoms with Gasteiger partial charge in [-0.1, -0.05) is 212 Å². The van der Waals surface area contributed by atoms with E-state index in [-0.39, 0.29) is 12.8 Å². The van der Waals surface area contributed by atoms with Gasteiger partial charge in [0.25, 0.3) is 0 Å². The topological polar surface area (TPSA) is 210 Å². The Kier molecular flexibility index (Phi) is 40.3. The summed E-state index contributed by atoms with van der Waals surface area (Å²) in [6, 6.07) is 0. The van der Waals surface area contributed by atoms with E-state index in [9.17, 15) is 44.6 Å². The Bertz CT molecular complexity index is 1200. The first-order valence-electron chi connectivity index (χ1n) is 27.0. The fourth-order valence-electron chi connectivity index (χ4n) is 8.52. The van der Waals surface area contributed by atoms with Crippen molar-refractivity contribution in [3.63, 3.8) is 0 Å². The van der Waals surface area contributed by atoms with Crippen LogP contribution in [0.15, 0.2) is 12.2 Å². The summed E-state index contributed by atoms with van der Waals surface area (Å²) in [6.45, 7) is 3.33. The minimum Gasteiger partial charge on any atom is -0.462 e. The molecule has 0 radical (unpaired) electrons. The first-order valence-corrected chi connectivity index (χ1v) is 28.5. The second-order valence-electron chi connectivity index (χ2n) is 19.1. The molecule has 0 aromatic carbocycles. The first-order chi connectivity index (χ1) is 31.9. The Labute approximate surface area is 401 Å². The second-order valence-corrected chi connectivity index (χ2v) is 20.5. The van der Waals surface area contributed by atoms with Crippen LogP contribution >= 0.6 is 7.82 Å². The lowest BCUT2D eigenvalue weighted by atomic mass is 9.85. The predicted octanol–water partition coefficient (Wildman–Crippen LogP) is 11.8. The molecule has 14 heteroatoms. The number of unbranched alkanes of at least 4 members (excludes halogenated alkanes) is 32. The molecule has 0 saturated heterocycles. The normalized spacial score (nSPS) is 21.3. The molecule has 8 atom stereocenters. The number of carbonyl (C=O) groups is 2. The molecule has 390 valence electrons. The van der Waals surface area contributed by atoms with Crippen LogP contribution in [0.1, 0.15) is 251 Å². The van der Waals surface area contributed by atoms with Crippen molar-refractivity contribution < 1.29 is 63.1 Å². The highest BCUT2D eigenvalue weighted by Crippen LogP contribution is 2.47. The van der Waals surface area contributed by atoms with Gasteiger partial charge in [-0.15, -0.1) is 0 Å². The van der Waals surface area contributed by atoms with Crippen LogP contribution in [0.5, 0.6) is 0 Å². The van der Waals surface area contributed by atoms with Crippen LogP contribution in [0.3, 0.4) is 0 Å². The third-order valence-corrected chi connectivity index (χ3v) is 13.8. The molecular formula is C52H99O13P. The van der Waals surface area contributed by atoms with Crippen LogP contribution in [-0.4, -0.2) is 98.3 Å². The molecule has 66 heavy (non-hydrogen) atoms. The van der Waals surface area contributed by atoms with Crippen molar-refractivity contribution in [3.8, 4) is 0 Å². The number of phosphoric ester groups is 1. The Morgan fingerprint density at radius 3 is 1.15 bits per heavy atom. The van der Waals surface area contributed by atoms with Crippen LogP contribution in [-0.2, 0) is 32.7 Å². The Morgan fingerprint density at radius 2 is 0.773 bits per heavy atom. The highest BCUT2D eigenvalue weighted by molar-refractivity contribution is 7.47. The van der Waals surface area contributed by atoms with E-state index in [1.165, 1.54) is 154 Å². The van der Waals surface area contributed by atoms with Crippen LogP contribution in [0.25, 0.3) is 0 Å². The molecule has 0 aliphatic heterocycles. The minimum atomic E-state index is -5.12. The van der Waals surface area contributed by atoms with Crippen LogP contribution in [0, 0.1) is 0 Å². The maximum atomic E-state index is 12.9. The molecule has 6 unspecified atom stereocenters. The number of aliphatic hydroxyl groups is 5. The van der Waals surface area contributed by atoms with Gasteiger partial charge in [0, 0.05) is 12.8 Å². The average molecular weight is 963 g/mol. The van der Waals surface area contributed by atoms with Crippen molar-refractivity contribution in [1.82, 2.24) is 0 Å². The summed E-state index contributed by atoms with van der Waals surface area (Å²) in [5.41, 5.74) is 0. The van der Waals surface area contributed by atoms with Crippen molar-refractivity contribution >= 4 is 19.8 Å². The van der Waals surface area contributed by atoms with Gasteiger partial charge in [-0.2, -0.15) is 0 Å². The van der Waals surface area contributed by atoms with Gasteiger partial charge in [-0.25, -0.2) is 4.57 Å². The summed E-state index contributed by atoms with van der Waals surface area (Å²) in [7, 11) is -5.12. The zero-order valence-electron chi connectivity index (χ0n) is 41.8. The lowest BCUT2D eigenvalue weighted by Gasteiger charge is -2.41. The van der Waals surface area contributed by atoms with Crippen molar-refractivity contribution in [3.05, 3.63) is 12.2 Å². The van der Waals surface area contributed by atoms with E-state index in [2.05, 4.69) is 26.0 Å². The van der Waals surface area contributed by atoms with Gasteiger partial charge in [0.1, 0.15) is 43.2 Å². The number of allylic oxidation sites excluding steroid dienone is 2. The molecule has 1 saturated carbocycles. The van der Waals surface area contributed by atoms with E-state index in [1.807, 2.05) is 0 Å². The molecule has 13 nitrogen and oxygen atoms in total. The SMILES string of the molecule is CCCCCCCC/C=C/CCCCCCCC(=O)OC[C@H](COP(=O)(O)OC1C(O)C(O)C(O)[C@@H](O)C1O)OC(=O)CCCCCCCCCCCCCCCCCCCCCCCC. The van der Waals surface area contributed by atoms with Gasteiger partial charge in [-0.05, 0) is 38.5 Å².